The molecule has 2 aromatic carbocycles. The quantitative estimate of drug-likeness (QED) is 0.701. The Kier molecular flexibility index (Phi) is 5.72. The fourth-order valence-corrected chi connectivity index (χ4v) is 3.05. The van der Waals surface area contributed by atoms with Gasteiger partial charge in [-0.1, -0.05) is 74.5 Å². The summed E-state index contributed by atoms with van der Waals surface area (Å²) in [6.45, 7) is 4.08. The summed E-state index contributed by atoms with van der Waals surface area (Å²) in [5.74, 6) is -0.0293. The van der Waals surface area contributed by atoms with Gasteiger partial charge in [-0.05, 0) is 23.1 Å². The first-order chi connectivity index (χ1) is 13.0. The summed E-state index contributed by atoms with van der Waals surface area (Å²) in [4.78, 5) is 12.9. The summed E-state index contributed by atoms with van der Waals surface area (Å²) in [6.07, 6.45) is -0.865. The van der Waals surface area contributed by atoms with Crippen molar-refractivity contribution in [2.24, 2.45) is 7.05 Å². The first-order valence-electron chi connectivity index (χ1n) is 9.10. The van der Waals surface area contributed by atoms with Crippen LogP contribution in [0.15, 0.2) is 66.7 Å². The number of carbonyl (C=O) groups is 1. The SMILES string of the molecule is CC(C)c1cc(C(=O)N[C@@H](c2ccccc2)[C@H](O)c2ccccc2)n(C)n1. The molecule has 0 fully saturated rings. The number of hydrogen-bond acceptors (Lipinski definition) is 3. The molecule has 2 N–H and O–H groups in total. The highest BCUT2D eigenvalue weighted by atomic mass is 16.3. The zero-order chi connectivity index (χ0) is 19.4. The smallest absolute Gasteiger partial charge is 0.270 e. The normalized spacial score (nSPS) is 13.4. The lowest BCUT2D eigenvalue weighted by Crippen LogP contribution is -2.33. The molecule has 5 heteroatoms. The van der Waals surface area contributed by atoms with Crippen LogP contribution in [-0.4, -0.2) is 20.8 Å². The summed E-state index contributed by atoms with van der Waals surface area (Å²) < 4.78 is 1.58. The van der Waals surface area contributed by atoms with E-state index in [9.17, 15) is 9.90 Å². The number of carbonyl (C=O) groups excluding carboxylic acids is 1. The van der Waals surface area contributed by atoms with E-state index in [1.165, 1.54) is 0 Å². The van der Waals surface area contributed by atoms with Crippen molar-refractivity contribution in [3.05, 3.63) is 89.2 Å². The number of aliphatic hydroxyl groups excluding tert-OH is 1. The summed E-state index contributed by atoms with van der Waals surface area (Å²) >= 11 is 0. The fourth-order valence-electron chi connectivity index (χ4n) is 3.05. The molecule has 1 amide bonds. The van der Waals surface area contributed by atoms with E-state index in [0.717, 1.165) is 16.8 Å². The zero-order valence-corrected chi connectivity index (χ0v) is 15.8. The molecule has 0 spiro atoms. The Hall–Kier alpha value is -2.92. The number of rotatable bonds is 6. The number of nitrogens with zero attached hydrogens (tertiary/aromatic N) is 2. The van der Waals surface area contributed by atoms with Crippen LogP contribution in [0.1, 0.15) is 59.2 Å². The third-order valence-corrected chi connectivity index (χ3v) is 4.62. The topological polar surface area (TPSA) is 67.2 Å². The molecule has 0 saturated carbocycles. The van der Waals surface area contributed by atoms with Crippen LogP contribution in [0.4, 0.5) is 0 Å². The molecule has 0 aliphatic carbocycles. The zero-order valence-electron chi connectivity index (χ0n) is 15.8. The Balaban J connectivity index is 1.91. The van der Waals surface area contributed by atoms with Gasteiger partial charge in [0, 0.05) is 7.05 Å². The van der Waals surface area contributed by atoms with Crippen molar-refractivity contribution in [2.45, 2.75) is 31.9 Å². The molecule has 1 aromatic heterocycles. The first-order valence-corrected chi connectivity index (χ1v) is 9.10. The van der Waals surface area contributed by atoms with E-state index in [1.807, 2.05) is 74.5 Å². The van der Waals surface area contributed by atoms with Gasteiger partial charge in [-0.15, -0.1) is 0 Å². The van der Waals surface area contributed by atoms with Crippen LogP contribution >= 0.6 is 0 Å². The average Bonchev–Trinajstić information content (AvgIpc) is 3.09. The van der Waals surface area contributed by atoms with Crippen LogP contribution in [0.2, 0.25) is 0 Å². The number of aryl methyl sites for hydroxylation is 1. The van der Waals surface area contributed by atoms with Crippen LogP contribution in [0.25, 0.3) is 0 Å². The summed E-state index contributed by atoms with van der Waals surface area (Å²) in [5.41, 5.74) is 2.93. The molecule has 3 rings (SSSR count). The second kappa shape index (κ2) is 8.18. The predicted molar refractivity (Wildman–Crippen MR) is 105 cm³/mol. The molecule has 0 unspecified atom stereocenters. The summed E-state index contributed by atoms with van der Waals surface area (Å²) in [5, 5.41) is 18.4. The highest BCUT2D eigenvalue weighted by molar-refractivity contribution is 5.93. The predicted octanol–water partition coefficient (Wildman–Crippen LogP) is 3.75. The monoisotopic (exact) mass is 363 g/mol. The lowest BCUT2D eigenvalue weighted by molar-refractivity contribution is 0.0822. The number of nitrogens with one attached hydrogen (secondary N) is 1. The van der Waals surface area contributed by atoms with E-state index in [2.05, 4.69) is 10.4 Å². The molecule has 0 saturated heterocycles. The van der Waals surface area contributed by atoms with Crippen molar-refractivity contribution in [3.8, 4) is 0 Å². The van der Waals surface area contributed by atoms with Gasteiger partial charge in [-0.3, -0.25) is 9.48 Å². The van der Waals surface area contributed by atoms with Crippen molar-refractivity contribution in [1.29, 1.82) is 0 Å². The van der Waals surface area contributed by atoms with Gasteiger partial charge in [-0.25, -0.2) is 0 Å². The van der Waals surface area contributed by atoms with Crippen LogP contribution in [-0.2, 0) is 7.05 Å². The average molecular weight is 363 g/mol. The maximum absolute atomic E-state index is 12.9. The van der Waals surface area contributed by atoms with E-state index in [-0.39, 0.29) is 11.8 Å². The van der Waals surface area contributed by atoms with Crippen LogP contribution in [0, 0.1) is 0 Å². The van der Waals surface area contributed by atoms with Crippen LogP contribution < -0.4 is 5.32 Å². The van der Waals surface area contributed by atoms with Gasteiger partial charge in [0.15, 0.2) is 0 Å². The molecule has 5 nitrogen and oxygen atoms in total. The summed E-state index contributed by atoms with van der Waals surface area (Å²) in [6, 6.07) is 20.1. The van der Waals surface area contributed by atoms with Gasteiger partial charge >= 0.3 is 0 Å². The van der Waals surface area contributed by atoms with Gasteiger partial charge in [-0.2, -0.15) is 5.10 Å². The third-order valence-electron chi connectivity index (χ3n) is 4.62. The van der Waals surface area contributed by atoms with Gasteiger partial charge in [0.05, 0.1) is 11.7 Å². The van der Waals surface area contributed by atoms with E-state index >= 15 is 0 Å². The first kappa shape index (κ1) is 18.9. The van der Waals surface area contributed by atoms with Gasteiger partial charge in [0.25, 0.3) is 5.91 Å². The standard InChI is InChI=1S/C22H25N3O2/c1-15(2)18-14-19(25(3)24-18)22(27)23-20(16-10-6-4-7-11-16)21(26)17-12-8-5-9-13-17/h4-15,20-21,26H,1-3H3,(H,23,27)/t20-,21+/m0/s1. The Labute approximate surface area is 159 Å². The molecule has 140 valence electrons. The highest BCUT2D eigenvalue weighted by Crippen LogP contribution is 2.29. The maximum atomic E-state index is 12.9. The van der Waals surface area contributed by atoms with Crippen molar-refractivity contribution < 1.29 is 9.90 Å². The molecule has 0 aliphatic rings. The number of aromatic nitrogens is 2. The molecule has 0 bridgehead atoms. The molecule has 2 atom stereocenters. The van der Waals surface area contributed by atoms with Crippen LogP contribution in [0.5, 0.6) is 0 Å². The number of aliphatic hydroxyl groups is 1. The van der Waals surface area contributed by atoms with Crippen molar-refractivity contribution >= 4 is 5.91 Å². The fraction of sp³-hybridized carbons (Fsp3) is 0.273. The minimum atomic E-state index is -0.865. The molecule has 0 radical (unpaired) electrons. The van der Waals surface area contributed by atoms with Crippen molar-refractivity contribution in [1.82, 2.24) is 15.1 Å². The molecule has 0 aliphatic heterocycles. The number of amides is 1. The summed E-state index contributed by atoms with van der Waals surface area (Å²) in [7, 11) is 1.76. The lowest BCUT2D eigenvalue weighted by Gasteiger charge is -2.25. The van der Waals surface area contributed by atoms with Gasteiger partial charge in [0.2, 0.25) is 0 Å². The number of hydrogen-bond donors (Lipinski definition) is 2. The molecular weight excluding hydrogens is 338 g/mol. The Bertz CT molecular complexity index is 888. The van der Waals surface area contributed by atoms with Crippen molar-refractivity contribution in [3.63, 3.8) is 0 Å². The minimum absolute atomic E-state index is 0.234. The highest BCUT2D eigenvalue weighted by Gasteiger charge is 2.26. The Morgan fingerprint density at radius 2 is 1.56 bits per heavy atom. The van der Waals surface area contributed by atoms with E-state index in [4.69, 9.17) is 0 Å². The van der Waals surface area contributed by atoms with E-state index in [1.54, 1.807) is 17.8 Å². The van der Waals surface area contributed by atoms with Crippen molar-refractivity contribution in [2.75, 3.05) is 0 Å². The molecule has 1 heterocycles. The maximum Gasteiger partial charge on any atom is 0.270 e. The molecule has 27 heavy (non-hydrogen) atoms. The van der Waals surface area contributed by atoms with E-state index < -0.39 is 12.1 Å². The third kappa shape index (κ3) is 4.26. The largest absolute Gasteiger partial charge is 0.386 e. The number of benzene rings is 2. The van der Waals surface area contributed by atoms with Gasteiger partial charge in [0.1, 0.15) is 11.8 Å². The van der Waals surface area contributed by atoms with Crippen LogP contribution in [0.3, 0.4) is 0 Å². The van der Waals surface area contributed by atoms with E-state index in [0.29, 0.717) is 5.69 Å². The Morgan fingerprint density at radius 3 is 2.07 bits per heavy atom. The lowest BCUT2D eigenvalue weighted by atomic mass is 9.95. The second-order valence-corrected chi connectivity index (χ2v) is 6.95. The Morgan fingerprint density at radius 1 is 1.00 bits per heavy atom. The second-order valence-electron chi connectivity index (χ2n) is 6.95. The molecular formula is C22H25N3O2. The molecule has 3 aromatic rings. The minimum Gasteiger partial charge on any atom is -0.386 e. The van der Waals surface area contributed by atoms with Gasteiger partial charge < -0.3 is 10.4 Å².